The van der Waals surface area contributed by atoms with Crippen molar-refractivity contribution in [1.29, 1.82) is 0 Å². The van der Waals surface area contributed by atoms with Crippen molar-refractivity contribution in [3.8, 4) is 0 Å². The van der Waals surface area contributed by atoms with E-state index < -0.39 is 5.69 Å². The molecule has 3 rings (SSSR count). The second-order valence-corrected chi connectivity index (χ2v) is 7.61. The van der Waals surface area contributed by atoms with E-state index in [9.17, 15) is 14.4 Å². The van der Waals surface area contributed by atoms with E-state index in [0.717, 1.165) is 25.7 Å². The molecule has 1 aromatic heterocycles. The van der Waals surface area contributed by atoms with E-state index >= 15 is 0 Å². The first kappa shape index (κ1) is 19.5. The fourth-order valence-corrected chi connectivity index (χ4v) is 4.21. The van der Waals surface area contributed by atoms with Crippen LogP contribution >= 0.6 is 0 Å². The molecule has 2 aliphatic rings. The summed E-state index contributed by atoms with van der Waals surface area (Å²) in [5.41, 5.74) is -0.445. The van der Waals surface area contributed by atoms with Gasteiger partial charge in [-0.25, -0.2) is 9.78 Å². The maximum atomic E-state index is 12.7. The van der Waals surface area contributed by atoms with Gasteiger partial charge in [-0.05, 0) is 31.7 Å². The Balaban J connectivity index is 1.64. The van der Waals surface area contributed by atoms with E-state index in [1.165, 1.54) is 10.8 Å². The Morgan fingerprint density at radius 2 is 2.15 bits per heavy atom. The van der Waals surface area contributed by atoms with Gasteiger partial charge in [0.1, 0.15) is 6.54 Å². The minimum Gasteiger partial charge on any atom is -0.385 e. The Labute approximate surface area is 159 Å². The summed E-state index contributed by atoms with van der Waals surface area (Å²) in [5, 5.41) is 0. The minimum atomic E-state index is -0.412. The molecule has 0 N–H and O–H groups in total. The van der Waals surface area contributed by atoms with Gasteiger partial charge in [0.15, 0.2) is 0 Å². The van der Waals surface area contributed by atoms with Gasteiger partial charge >= 0.3 is 5.69 Å². The average Bonchev–Trinajstić information content (AvgIpc) is 2.67. The second kappa shape index (κ2) is 8.65. The Morgan fingerprint density at radius 1 is 1.30 bits per heavy atom. The third kappa shape index (κ3) is 4.74. The molecule has 1 spiro atoms. The fraction of sp³-hybridized carbons (Fsp3) is 0.684. The Bertz CT molecular complexity index is 734. The Hall–Kier alpha value is -2.22. The molecule has 0 radical (unpaired) electrons. The predicted molar refractivity (Wildman–Crippen MR) is 99.1 cm³/mol. The molecule has 0 bridgehead atoms. The zero-order valence-corrected chi connectivity index (χ0v) is 15.9. The number of rotatable bonds is 6. The Morgan fingerprint density at radius 3 is 2.93 bits per heavy atom. The van der Waals surface area contributed by atoms with Crippen molar-refractivity contribution < 1.29 is 14.3 Å². The van der Waals surface area contributed by atoms with Crippen molar-refractivity contribution in [1.82, 2.24) is 19.4 Å². The zero-order chi connectivity index (χ0) is 19.3. The molecule has 2 fully saturated rings. The highest BCUT2D eigenvalue weighted by Crippen LogP contribution is 2.39. The SMILES string of the molecule is COCCCN1C[C@]2(CCCN(C(=O)Cn3cccnc3=O)C2)CCC1=O. The smallest absolute Gasteiger partial charge is 0.347 e. The number of aromatic nitrogens is 2. The van der Waals surface area contributed by atoms with Gasteiger partial charge in [0, 0.05) is 64.1 Å². The molecule has 2 saturated heterocycles. The standard InChI is InChI=1S/C19H28N4O4/c1-27-12-4-11-22-14-19(7-5-16(22)24)6-2-9-23(15-19)17(25)13-21-10-3-8-20-18(21)26/h3,8,10H,2,4-7,9,11-15H2,1H3/t19-/m0/s1. The van der Waals surface area contributed by atoms with Crippen LogP contribution in [0.5, 0.6) is 0 Å². The van der Waals surface area contributed by atoms with Gasteiger partial charge < -0.3 is 14.5 Å². The molecular weight excluding hydrogens is 348 g/mol. The van der Waals surface area contributed by atoms with Crippen LogP contribution in [-0.2, 0) is 20.9 Å². The number of hydrogen-bond acceptors (Lipinski definition) is 5. The first-order chi connectivity index (χ1) is 13.0. The number of carbonyl (C=O) groups is 2. The van der Waals surface area contributed by atoms with Crippen LogP contribution in [-0.4, -0.2) is 71.1 Å². The summed E-state index contributed by atoms with van der Waals surface area (Å²) in [6, 6.07) is 1.65. The van der Waals surface area contributed by atoms with E-state index in [2.05, 4.69) is 4.98 Å². The van der Waals surface area contributed by atoms with Crippen LogP contribution in [0.3, 0.4) is 0 Å². The molecule has 8 heteroatoms. The van der Waals surface area contributed by atoms with Gasteiger partial charge in [-0.15, -0.1) is 0 Å². The molecule has 0 unspecified atom stereocenters. The van der Waals surface area contributed by atoms with E-state index in [4.69, 9.17) is 4.74 Å². The summed E-state index contributed by atoms with van der Waals surface area (Å²) in [7, 11) is 1.66. The molecule has 0 aliphatic carbocycles. The summed E-state index contributed by atoms with van der Waals surface area (Å²) in [6.07, 6.45) is 7.15. The van der Waals surface area contributed by atoms with E-state index in [1.54, 1.807) is 19.4 Å². The lowest BCUT2D eigenvalue weighted by atomic mass is 9.73. The lowest BCUT2D eigenvalue weighted by molar-refractivity contribution is -0.143. The molecule has 2 aliphatic heterocycles. The quantitative estimate of drug-likeness (QED) is 0.676. The minimum absolute atomic E-state index is 0.0131. The lowest BCUT2D eigenvalue weighted by Crippen LogP contribution is -2.55. The number of likely N-dealkylation sites (tertiary alicyclic amines) is 2. The zero-order valence-electron chi connectivity index (χ0n) is 15.9. The summed E-state index contributed by atoms with van der Waals surface area (Å²) in [4.78, 5) is 44.3. The van der Waals surface area contributed by atoms with Crippen molar-refractivity contribution in [2.45, 2.75) is 38.6 Å². The van der Waals surface area contributed by atoms with Crippen molar-refractivity contribution in [3.63, 3.8) is 0 Å². The summed E-state index contributed by atoms with van der Waals surface area (Å²) >= 11 is 0. The van der Waals surface area contributed by atoms with Crippen LogP contribution in [0.15, 0.2) is 23.3 Å². The molecule has 0 saturated carbocycles. The van der Waals surface area contributed by atoms with Gasteiger partial charge in [-0.2, -0.15) is 0 Å². The van der Waals surface area contributed by atoms with Crippen LogP contribution in [0, 0.1) is 5.41 Å². The Kier molecular flexibility index (Phi) is 6.26. The molecular formula is C19H28N4O4. The van der Waals surface area contributed by atoms with Crippen LogP contribution in [0.4, 0.5) is 0 Å². The van der Waals surface area contributed by atoms with Crippen LogP contribution in [0.2, 0.25) is 0 Å². The topological polar surface area (TPSA) is 84.7 Å². The normalized spacial score (nSPS) is 23.1. The lowest BCUT2D eigenvalue weighted by Gasteiger charge is -2.48. The largest absolute Gasteiger partial charge is 0.385 e. The highest BCUT2D eigenvalue weighted by atomic mass is 16.5. The van der Waals surface area contributed by atoms with Crippen molar-refractivity contribution >= 4 is 11.8 Å². The first-order valence-corrected chi connectivity index (χ1v) is 9.59. The molecule has 1 atom stereocenters. The van der Waals surface area contributed by atoms with E-state index in [-0.39, 0.29) is 23.8 Å². The monoisotopic (exact) mass is 376 g/mol. The summed E-state index contributed by atoms with van der Waals surface area (Å²) < 4.78 is 6.43. The number of ether oxygens (including phenoxy) is 1. The average molecular weight is 376 g/mol. The van der Waals surface area contributed by atoms with Crippen molar-refractivity contribution in [2.24, 2.45) is 5.41 Å². The number of hydrogen-bond donors (Lipinski definition) is 0. The maximum Gasteiger partial charge on any atom is 0.347 e. The third-order valence-corrected chi connectivity index (χ3v) is 5.63. The number of methoxy groups -OCH3 is 1. The van der Waals surface area contributed by atoms with Gasteiger partial charge in [0.05, 0.1) is 0 Å². The van der Waals surface area contributed by atoms with Crippen molar-refractivity contribution in [2.75, 3.05) is 39.9 Å². The summed E-state index contributed by atoms with van der Waals surface area (Å²) in [5.74, 6) is 0.133. The fourth-order valence-electron chi connectivity index (χ4n) is 4.21. The van der Waals surface area contributed by atoms with E-state index in [0.29, 0.717) is 39.2 Å². The molecule has 1 aromatic rings. The first-order valence-electron chi connectivity index (χ1n) is 9.59. The van der Waals surface area contributed by atoms with Gasteiger partial charge in [0.25, 0.3) is 0 Å². The number of carbonyl (C=O) groups excluding carboxylic acids is 2. The molecule has 8 nitrogen and oxygen atoms in total. The van der Waals surface area contributed by atoms with Crippen LogP contribution in [0.25, 0.3) is 0 Å². The molecule has 3 heterocycles. The number of nitrogens with zero attached hydrogens (tertiary/aromatic N) is 4. The highest BCUT2D eigenvalue weighted by Gasteiger charge is 2.42. The number of amides is 2. The van der Waals surface area contributed by atoms with Crippen LogP contribution < -0.4 is 5.69 Å². The molecule has 148 valence electrons. The molecule has 0 aromatic carbocycles. The predicted octanol–water partition coefficient (Wildman–Crippen LogP) is 0.511. The van der Waals surface area contributed by atoms with Crippen LogP contribution in [0.1, 0.15) is 32.1 Å². The number of piperidine rings is 2. The molecule has 27 heavy (non-hydrogen) atoms. The maximum absolute atomic E-state index is 12.7. The van der Waals surface area contributed by atoms with Gasteiger partial charge in [-0.1, -0.05) is 0 Å². The third-order valence-electron chi connectivity index (χ3n) is 5.63. The van der Waals surface area contributed by atoms with Gasteiger partial charge in [-0.3, -0.25) is 14.2 Å². The highest BCUT2D eigenvalue weighted by molar-refractivity contribution is 5.78. The summed E-state index contributed by atoms with van der Waals surface area (Å²) in [6.45, 7) is 3.40. The molecule has 2 amide bonds. The van der Waals surface area contributed by atoms with Gasteiger partial charge in [0.2, 0.25) is 11.8 Å². The van der Waals surface area contributed by atoms with E-state index in [1.807, 2.05) is 9.80 Å². The second-order valence-electron chi connectivity index (χ2n) is 7.61. The van der Waals surface area contributed by atoms with Crippen molar-refractivity contribution in [3.05, 3.63) is 28.9 Å².